The highest BCUT2D eigenvalue weighted by Crippen LogP contribution is 2.28. The van der Waals surface area contributed by atoms with Crippen LogP contribution in [0.15, 0.2) is 0 Å². The van der Waals surface area contributed by atoms with Crippen molar-refractivity contribution in [3.63, 3.8) is 0 Å². The Balaban J connectivity index is 2.14. The number of aryl methyl sites for hydroxylation is 1. The lowest BCUT2D eigenvalue weighted by atomic mass is 10.0. The van der Waals surface area contributed by atoms with Crippen LogP contribution >= 0.6 is 0 Å². The number of rotatable bonds is 5. The van der Waals surface area contributed by atoms with E-state index in [1.165, 1.54) is 0 Å². The van der Waals surface area contributed by atoms with Gasteiger partial charge in [-0.1, -0.05) is 0 Å². The van der Waals surface area contributed by atoms with Gasteiger partial charge in [-0.3, -0.25) is 0 Å². The number of aromatic nitrogens is 2. The molecule has 2 rings (SSSR count). The van der Waals surface area contributed by atoms with E-state index in [0.717, 1.165) is 24.5 Å². The smallest absolute Gasteiger partial charge is 0.148 e. The van der Waals surface area contributed by atoms with Gasteiger partial charge in [0, 0.05) is 32.7 Å². The Morgan fingerprint density at radius 2 is 2.32 bits per heavy atom. The summed E-state index contributed by atoms with van der Waals surface area (Å²) in [6.07, 6.45) is 0.894. The van der Waals surface area contributed by atoms with Gasteiger partial charge in [0.2, 0.25) is 0 Å². The van der Waals surface area contributed by atoms with E-state index in [4.69, 9.17) is 15.2 Å². The lowest BCUT2D eigenvalue weighted by Gasteiger charge is -2.27. The summed E-state index contributed by atoms with van der Waals surface area (Å²) in [4.78, 5) is 0. The van der Waals surface area contributed by atoms with Crippen LogP contribution in [-0.2, 0) is 9.47 Å². The molecule has 6 heteroatoms. The van der Waals surface area contributed by atoms with E-state index < -0.39 is 0 Å². The number of nitrogens with two attached hydrogens (primary N) is 1. The third-order valence-corrected chi connectivity index (χ3v) is 3.70. The summed E-state index contributed by atoms with van der Waals surface area (Å²) in [5.74, 6) is 0.871. The minimum Gasteiger partial charge on any atom is -0.394 e. The lowest BCUT2D eigenvalue weighted by Crippen LogP contribution is -2.40. The summed E-state index contributed by atoms with van der Waals surface area (Å²) < 4.78 is 13.0. The molecule has 0 radical (unpaired) electrons. The van der Waals surface area contributed by atoms with Crippen LogP contribution in [0.2, 0.25) is 0 Å². The number of hydrogen-bond acceptors (Lipinski definition) is 5. The Morgan fingerprint density at radius 3 is 2.84 bits per heavy atom. The van der Waals surface area contributed by atoms with Crippen LogP contribution < -0.4 is 11.1 Å². The molecule has 108 valence electrons. The van der Waals surface area contributed by atoms with Crippen molar-refractivity contribution >= 4 is 11.5 Å². The summed E-state index contributed by atoms with van der Waals surface area (Å²) >= 11 is 0. The summed E-state index contributed by atoms with van der Waals surface area (Å²) in [6.45, 7) is 8.12. The highest BCUT2D eigenvalue weighted by Gasteiger charge is 2.35. The molecule has 1 unspecified atom stereocenters. The van der Waals surface area contributed by atoms with Crippen LogP contribution in [0.25, 0.3) is 0 Å². The van der Waals surface area contributed by atoms with Gasteiger partial charge in [0.1, 0.15) is 11.4 Å². The Labute approximate surface area is 114 Å². The quantitative estimate of drug-likeness (QED) is 0.848. The highest BCUT2D eigenvalue weighted by molar-refractivity contribution is 5.65. The van der Waals surface area contributed by atoms with E-state index in [1.54, 1.807) is 7.11 Å². The van der Waals surface area contributed by atoms with Crippen LogP contribution in [0.5, 0.6) is 0 Å². The minimum absolute atomic E-state index is 0.258. The van der Waals surface area contributed by atoms with E-state index in [0.29, 0.717) is 18.8 Å². The first-order valence-corrected chi connectivity index (χ1v) is 6.70. The van der Waals surface area contributed by atoms with E-state index in [1.807, 2.05) is 11.6 Å². The van der Waals surface area contributed by atoms with E-state index in [9.17, 15) is 0 Å². The molecular formula is C13H24N4O2. The molecule has 6 nitrogen and oxygen atoms in total. The first-order chi connectivity index (χ1) is 8.99. The van der Waals surface area contributed by atoms with Gasteiger partial charge < -0.3 is 20.5 Å². The number of methoxy groups -OCH3 is 1. The standard InChI is InChI=1S/C13H24N4O2/c1-9(2)17-12(11(14)10(3)16-17)15-7-13(18-4)5-6-19-8-13/h9,15H,5-8,14H2,1-4H3. The molecule has 2 heterocycles. The van der Waals surface area contributed by atoms with Gasteiger partial charge in [-0.05, 0) is 20.8 Å². The number of hydrogen-bond donors (Lipinski definition) is 2. The fourth-order valence-corrected chi connectivity index (χ4v) is 2.32. The number of nitrogens with zero attached hydrogens (tertiary/aromatic N) is 2. The molecule has 0 saturated carbocycles. The highest BCUT2D eigenvalue weighted by atomic mass is 16.5. The van der Waals surface area contributed by atoms with Crippen LogP contribution in [0, 0.1) is 6.92 Å². The maximum atomic E-state index is 6.09. The summed E-state index contributed by atoms with van der Waals surface area (Å²) in [6, 6.07) is 0.261. The van der Waals surface area contributed by atoms with E-state index in [2.05, 4.69) is 24.3 Å². The molecule has 1 atom stereocenters. The van der Waals surface area contributed by atoms with Gasteiger partial charge in [-0.25, -0.2) is 4.68 Å². The summed E-state index contributed by atoms with van der Waals surface area (Å²) in [5, 5.41) is 7.85. The number of nitrogen functional groups attached to an aromatic ring is 1. The van der Waals surface area contributed by atoms with Gasteiger partial charge in [0.05, 0.1) is 18.0 Å². The second kappa shape index (κ2) is 5.38. The minimum atomic E-state index is -0.258. The van der Waals surface area contributed by atoms with Gasteiger partial charge in [-0.2, -0.15) is 5.10 Å². The van der Waals surface area contributed by atoms with Gasteiger partial charge in [0.25, 0.3) is 0 Å². The van der Waals surface area contributed by atoms with Crippen LogP contribution in [0.1, 0.15) is 32.0 Å². The predicted molar refractivity (Wildman–Crippen MR) is 75.4 cm³/mol. The van der Waals surface area contributed by atoms with Crippen molar-refractivity contribution in [3.8, 4) is 0 Å². The monoisotopic (exact) mass is 268 g/mol. The molecule has 1 aliphatic heterocycles. The lowest BCUT2D eigenvalue weighted by molar-refractivity contribution is -0.00630. The van der Waals surface area contributed by atoms with Crippen molar-refractivity contribution < 1.29 is 9.47 Å². The van der Waals surface area contributed by atoms with Crippen molar-refractivity contribution in [1.82, 2.24) is 9.78 Å². The van der Waals surface area contributed by atoms with Crippen LogP contribution in [0.4, 0.5) is 11.5 Å². The fourth-order valence-electron chi connectivity index (χ4n) is 2.32. The van der Waals surface area contributed by atoms with Crippen molar-refractivity contribution in [2.24, 2.45) is 0 Å². The SMILES string of the molecule is COC1(CNc2c(N)c(C)nn2C(C)C)CCOC1. The van der Waals surface area contributed by atoms with Crippen molar-refractivity contribution in [2.45, 2.75) is 38.8 Å². The predicted octanol–water partition coefficient (Wildman–Crippen LogP) is 1.57. The van der Waals surface area contributed by atoms with Crippen molar-refractivity contribution in [2.75, 3.05) is 37.9 Å². The molecule has 0 spiro atoms. The molecule has 19 heavy (non-hydrogen) atoms. The van der Waals surface area contributed by atoms with Gasteiger partial charge in [-0.15, -0.1) is 0 Å². The number of ether oxygens (including phenoxy) is 2. The molecule has 0 aromatic carbocycles. The molecule has 1 aromatic rings. The zero-order valence-corrected chi connectivity index (χ0v) is 12.2. The maximum absolute atomic E-state index is 6.09. The molecule has 1 saturated heterocycles. The number of anilines is 2. The zero-order valence-electron chi connectivity index (χ0n) is 12.2. The Kier molecular flexibility index (Phi) is 4.01. The first kappa shape index (κ1) is 14.1. The third-order valence-electron chi connectivity index (χ3n) is 3.70. The molecule has 0 bridgehead atoms. The van der Waals surface area contributed by atoms with Crippen molar-refractivity contribution in [1.29, 1.82) is 0 Å². The largest absolute Gasteiger partial charge is 0.394 e. The zero-order chi connectivity index (χ0) is 14.0. The molecule has 0 amide bonds. The molecule has 0 aliphatic carbocycles. The van der Waals surface area contributed by atoms with Crippen molar-refractivity contribution in [3.05, 3.63) is 5.69 Å². The fraction of sp³-hybridized carbons (Fsp3) is 0.769. The average Bonchev–Trinajstić information content (AvgIpc) is 2.95. The Hall–Kier alpha value is -1.27. The second-order valence-electron chi connectivity index (χ2n) is 5.43. The Bertz CT molecular complexity index is 436. The topological polar surface area (TPSA) is 74.3 Å². The number of nitrogens with one attached hydrogen (secondary N) is 1. The van der Waals surface area contributed by atoms with Gasteiger partial charge in [0.15, 0.2) is 0 Å². The van der Waals surface area contributed by atoms with Crippen LogP contribution in [0.3, 0.4) is 0 Å². The second-order valence-corrected chi connectivity index (χ2v) is 5.43. The molecule has 1 aromatic heterocycles. The molecule has 1 fully saturated rings. The maximum Gasteiger partial charge on any atom is 0.148 e. The van der Waals surface area contributed by atoms with E-state index in [-0.39, 0.29) is 11.6 Å². The summed E-state index contributed by atoms with van der Waals surface area (Å²) in [5.41, 5.74) is 7.39. The van der Waals surface area contributed by atoms with E-state index >= 15 is 0 Å². The first-order valence-electron chi connectivity index (χ1n) is 6.70. The van der Waals surface area contributed by atoms with Crippen LogP contribution in [-0.4, -0.2) is 42.2 Å². The molecule has 1 aliphatic rings. The normalized spacial score (nSPS) is 23.2. The summed E-state index contributed by atoms with van der Waals surface area (Å²) in [7, 11) is 1.73. The molecule has 3 N–H and O–H groups in total. The Morgan fingerprint density at radius 1 is 1.58 bits per heavy atom. The average molecular weight is 268 g/mol. The van der Waals surface area contributed by atoms with Gasteiger partial charge >= 0.3 is 0 Å². The third kappa shape index (κ3) is 2.69. The molecular weight excluding hydrogens is 244 g/mol.